The molecule has 1 heterocycles. The summed E-state index contributed by atoms with van der Waals surface area (Å²) in [5, 5.41) is 0. The van der Waals surface area contributed by atoms with E-state index in [4.69, 9.17) is 10.5 Å². The van der Waals surface area contributed by atoms with Crippen LogP contribution in [0.5, 0.6) is 5.75 Å². The maximum absolute atomic E-state index is 7.34. The monoisotopic (exact) mass is 452 g/mol. The van der Waals surface area contributed by atoms with E-state index >= 15 is 0 Å². The molecule has 6 rings (SSSR count). The SMILES string of the molecule is COc1ccccc1CN1C2CCCC3C(C2)C3C(N)C1C(c1ccccc1)c1ccccc1. The summed E-state index contributed by atoms with van der Waals surface area (Å²) in [6, 6.07) is 31.6. The first-order valence-electron chi connectivity index (χ1n) is 13.0. The molecule has 6 unspecified atom stereocenters. The van der Waals surface area contributed by atoms with Crippen LogP contribution in [0.1, 0.15) is 48.3 Å². The standard InChI is InChI=1S/C31H36N2O/c1-34-27-18-9-8-15-23(27)20-33-24-16-10-17-25-26(19-24)29(25)30(32)31(33)28(21-11-4-2-5-12-21)22-13-6-3-7-14-22/h2-9,11-15,18,24-26,28-31H,10,16-17,19-20,32H2,1H3. The number of para-hydroxylation sites is 1. The quantitative estimate of drug-likeness (QED) is 0.510. The summed E-state index contributed by atoms with van der Waals surface area (Å²) in [7, 11) is 1.78. The van der Waals surface area contributed by atoms with E-state index in [2.05, 4.69) is 89.8 Å². The van der Waals surface area contributed by atoms with Gasteiger partial charge >= 0.3 is 0 Å². The van der Waals surface area contributed by atoms with E-state index in [-0.39, 0.29) is 18.0 Å². The molecule has 0 aromatic heterocycles. The van der Waals surface area contributed by atoms with Gasteiger partial charge in [-0.3, -0.25) is 4.90 Å². The second-order valence-corrected chi connectivity index (χ2v) is 10.6. The lowest BCUT2D eigenvalue weighted by Gasteiger charge is -2.44. The Hall–Kier alpha value is -2.62. The van der Waals surface area contributed by atoms with Crippen molar-refractivity contribution in [3.05, 3.63) is 102 Å². The normalized spacial score (nSPS) is 30.4. The zero-order valence-electron chi connectivity index (χ0n) is 20.1. The van der Waals surface area contributed by atoms with Gasteiger partial charge in [-0.05, 0) is 54.2 Å². The van der Waals surface area contributed by atoms with Crippen molar-refractivity contribution in [1.82, 2.24) is 4.90 Å². The Bertz CT molecular complexity index is 1060. The highest BCUT2D eigenvalue weighted by molar-refractivity contribution is 5.38. The predicted octanol–water partition coefficient (Wildman–Crippen LogP) is 5.84. The molecule has 1 saturated heterocycles. The minimum Gasteiger partial charge on any atom is -0.496 e. The molecule has 2 N–H and O–H groups in total. The van der Waals surface area contributed by atoms with Crippen molar-refractivity contribution in [2.24, 2.45) is 23.5 Å². The number of hydrogen-bond acceptors (Lipinski definition) is 3. The predicted molar refractivity (Wildman–Crippen MR) is 138 cm³/mol. The number of rotatable bonds is 6. The molecule has 2 bridgehead atoms. The Morgan fingerprint density at radius 2 is 1.50 bits per heavy atom. The van der Waals surface area contributed by atoms with Gasteiger partial charge in [-0.1, -0.05) is 85.3 Å². The largest absolute Gasteiger partial charge is 0.496 e. The number of benzene rings is 3. The summed E-state index contributed by atoms with van der Waals surface area (Å²) in [6.45, 7) is 0.882. The molecule has 3 fully saturated rings. The van der Waals surface area contributed by atoms with E-state index in [1.807, 2.05) is 0 Å². The van der Waals surface area contributed by atoms with Gasteiger partial charge in [-0.15, -0.1) is 0 Å². The van der Waals surface area contributed by atoms with Crippen LogP contribution in [0, 0.1) is 17.8 Å². The van der Waals surface area contributed by atoms with Crippen LogP contribution in [0.15, 0.2) is 84.9 Å². The van der Waals surface area contributed by atoms with E-state index in [0.717, 1.165) is 24.1 Å². The van der Waals surface area contributed by atoms with E-state index in [0.29, 0.717) is 12.0 Å². The smallest absolute Gasteiger partial charge is 0.123 e. The van der Waals surface area contributed by atoms with E-state index in [9.17, 15) is 0 Å². The van der Waals surface area contributed by atoms with Gasteiger partial charge in [0.05, 0.1) is 7.11 Å². The van der Waals surface area contributed by atoms with Gasteiger partial charge < -0.3 is 10.5 Å². The molecule has 2 aliphatic carbocycles. The first-order valence-corrected chi connectivity index (χ1v) is 13.0. The summed E-state index contributed by atoms with van der Waals surface area (Å²) in [5.74, 6) is 3.52. The molecule has 3 nitrogen and oxygen atoms in total. The molecule has 34 heavy (non-hydrogen) atoms. The molecular formula is C31H36N2O. The van der Waals surface area contributed by atoms with Crippen LogP contribution in [-0.4, -0.2) is 30.1 Å². The van der Waals surface area contributed by atoms with Crippen molar-refractivity contribution in [2.75, 3.05) is 7.11 Å². The van der Waals surface area contributed by atoms with Crippen molar-refractivity contribution in [3.63, 3.8) is 0 Å². The highest BCUT2D eigenvalue weighted by atomic mass is 16.5. The Labute approximate surface area is 203 Å². The van der Waals surface area contributed by atoms with Crippen molar-refractivity contribution in [1.29, 1.82) is 0 Å². The van der Waals surface area contributed by atoms with Crippen LogP contribution in [0.4, 0.5) is 0 Å². The Balaban J connectivity index is 1.49. The third-order valence-electron chi connectivity index (χ3n) is 8.91. The van der Waals surface area contributed by atoms with Crippen LogP contribution >= 0.6 is 0 Å². The lowest BCUT2D eigenvalue weighted by atomic mass is 9.79. The Kier molecular flexibility index (Phi) is 5.92. The van der Waals surface area contributed by atoms with Gasteiger partial charge in [0, 0.05) is 36.2 Å². The van der Waals surface area contributed by atoms with Crippen LogP contribution in [0.25, 0.3) is 0 Å². The van der Waals surface area contributed by atoms with Crippen molar-refractivity contribution in [3.8, 4) is 5.75 Å². The summed E-state index contributed by atoms with van der Waals surface area (Å²) < 4.78 is 5.79. The second kappa shape index (κ2) is 9.20. The molecular weight excluding hydrogens is 416 g/mol. The van der Waals surface area contributed by atoms with Gasteiger partial charge in [0.15, 0.2) is 0 Å². The van der Waals surface area contributed by atoms with E-state index in [1.165, 1.54) is 42.4 Å². The van der Waals surface area contributed by atoms with Gasteiger partial charge in [-0.2, -0.15) is 0 Å². The fourth-order valence-corrected chi connectivity index (χ4v) is 7.38. The number of ether oxygens (including phenoxy) is 1. The number of likely N-dealkylation sites (tertiary alicyclic amines) is 1. The van der Waals surface area contributed by atoms with Crippen LogP contribution in [-0.2, 0) is 6.54 Å². The number of nitrogens with two attached hydrogens (primary N) is 1. The van der Waals surface area contributed by atoms with Crippen molar-refractivity contribution >= 4 is 0 Å². The van der Waals surface area contributed by atoms with Crippen molar-refractivity contribution in [2.45, 2.75) is 56.3 Å². The summed E-state index contributed by atoms with van der Waals surface area (Å²) in [4.78, 5) is 2.79. The molecule has 2 saturated carbocycles. The lowest BCUT2D eigenvalue weighted by Crippen LogP contribution is -2.54. The Morgan fingerprint density at radius 3 is 2.18 bits per heavy atom. The second-order valence-electron chi connectivity index (χ2n) is 10.6. The van der Waals surface area contributed by atoms with Gasteiger partial charge in [-0.25, -0.2) is 0 Å². The molecule has 3 aliphatic rings. The first-order chi connectivity index (χ1) is 16.8. The lowest BCUT2D eigenvalue weighted by molar-refractivity contribution is 0.0906. The number of hydrogen-bond donors (Lipinski definition) is 1. The van der Waals surface area contributed by atoms with Crippen LogP contribution in [0.3, 0.4) is 0 Å². The number of methoxy groups -OCH3 is 1. The summed E-state index contributed by atoms with van der Waals surface area (Å²) in [6.07, 6.45) is 5.25. The first kappa shape index (κ1) is 21.9. The summed E-state index contributed by atoms with van der Waals surface area (Å²) >= 11 is 0. The molecule has 176 valence electrons. The van der Waals surface area contributed by atoms with Crippen LogP contribution < -0.4 is 10.5 Å². The molecule has 6 atom stereocenters. The third-order valence-corrected chi connectivity index (χ3v) is 8.91. The minimum absolute atomic E-state index is 0.165. The number of nitrogens with zero attached hydrogens (tertiary/aromatic N) is 1. The molecule has 0 radical (unpaired) electrons. The average Bonchev–Trinajstić information content (AvgIpc) is 3.62. The molecule has 3 aromatic carbocycles. The minimum atomic E-state index is 0.165. The zero-order valence-corrected chi connectivity index (χ0v) is 20.1. The summed E-state index contributed by atoms with van der Waals surface area (Å²) in [5.41, 5.74) is 11.3. The zero-order chi connectivity index (χ0) is 23.1. The maximum Gasteiger partial charge on any atom is 0.123 e. The fraction of sp³-hybridized carbons (Fsp3) is 0.419. The fourth-order valence-electron chi connectivity index (χ4n) is 7.38. The van der Waals surface area contributed by atoms with Crippen LogP contribution in [0.2, 0.25) is 0 Å². The maximum atomic E-state index is 7.34. The highest BCUT2D eigenvalue weighted by Crippen LogP contribution is 2.60. The highest BCUT2D eigenvalue weighted by Gasteiger charge is 2.60. The Morgan fingerprint density at radius 1 is 0.853 bits per heavy atom. The van der Waals surface area contributed by atoms with Gasteiger partial charge in [0.1, 0.15) is 5.75 Å². The molecule has 0 amide bonds. The number of fused-ring (bicyclic) bond motifs is 2. The topological polar surface area (TPSA) is 38.5 Å². The molecule has 3 heteroatoms. The van der Waals surface area contributed by atoms with E-state index < -0.39 is 0 Å². The van der Waals surface area contributed by atoms with Crippen molar-refractivity contribution < 1.29 is 4.74 Å². The van der Waals surface area contributed by atoms with Gasteiger partial charge in [0.2, 0.25) is 0 Å². The third kappa shape index (κ3) is 3.85. The van der Waals surface area contributed by atoms with E-state index in [1.54, 1.807) is 7.11 Å². The molecule has 0 spiro atoms. The average molecular weight is 453 g/mol. The molecule has 1 aliphatic heterocycles. The van der Waals surface area contributed by atoms with Gasteiger partial charge in [0.25, 0.3) is 0 Å². The molecule has 3 aromatic rings.